The molecule has 0 spiro atoms. The van der Waals surface area contributed by atoms with Crippen molar-refractivity contribution >= 4 is 27.8 Å². The first-order chi connectivity index (χ1) is 10.9. The van der Waals surface area contributed by atoms with Gasteiger partial charge in [0.1, 0.15) is 0 Å². The van der Waals surface area contributed by atoms with Crippen molar-refractivity contribution in [2.24, 2.45) is 0 Å². The van der Waals surface area contributed by atoms with Gasteiger partial charge in [-0.1, -0.05) is 20.8 Å². The second-order valence-electron chi connectivity index (χ2n) is 8.22. The Bertz CT molecular complexity index is 474. The first kappa shape index (κ1) is 24.5. The van der Waals surface area contributed by atoms with Gasteiger partial charge in [-0.3, -0.25) is 0 Å². The monoisotopic (exact) mass is 554 g/mol. The van der Waals surface area contributed by atoms with Crippen LogP contribution in [0.3, 0.4) is 0 Å². The molecule has 0 N–H and O–H groups in total. The molecule has 0 fully saturated rings. The fraction of sp³-hybridized carbons (Fsp3) is 0.667. The number of hydrogen-bond donors (Lipinski definition) is 0. The topological polar surface area (TPSA) is 15.7 Å². The van der Waals surface area contributed by atoms with E-state index in [1.54, 1.807) is 0 Å². The summed E-state index contributed by atoms with van der Waals surface area (Å²) in [6.45, 7) is 13.2. The molecule has 0 aromatic heterocycles. The van der Waals surface area contributed by atoms with Crippen molar-refractivity contribution in [2.45, 2.75) is 52.0 Å². The van der Waals surface area contributed by atoms with E-state index in [1.165, 1.54) is 11.1 Å². The predicted molar refractivity (Wildman–Crippen MR) is 112 cm³/mol. The van der Waals surface area contributed by atoms with Crippen molar-refractivity contribution in [1.82, 2.24) is 9.80 Å². The molecule has 0 aliphatic carbocycles. The average Bonchev–Trinajstić information content (AvgIpc) is 2.36. The molecule has 0 saturated carbocycles. The summed E-state index contributed by atoms with van der Waals surface area (Å²) in [6.07, 6.45) is 0. The standard InChI is InChI=1S/C18H33N2OSi.HI.Pd/c1-18(2,3)22(8,9)21-17-11-15(13-19(4)5)10-16(12-17)14-20(6)7;;/h10-11H,13-14H2,1-9H3;1H;/q-1;;+2/p-1. The molecule has 0 bridgehead atoms. The van der Waals surface area contributed by atoms with Gasteiger partial charge in [0.05, 0.1) is 0 Å². The first-order valence-corrected chi connectivity index (χ1v) is 15.6. The minimum absolute atomic E-state index is 0.195. The number of benzene rings is 1. The molecule has 3 nitrogen and oxygen atoms in total. The van der Waals surface area contributed by atoms with Crippen LogP contribution >= 0.6 is 19.5 Å². The number of nitrogens with zero attached hydrogens (tertiary/aromatic N) is 2. The molecule has 0 aliphatic heterocycles. The summed E-state index contributed by atoms with van der Waals surface area (Å²) in [6, 6.07) is 7.86. The van der Waals surface area contributed by atoms with Gasteiger partial charge in [-0.25, -0.2) is 0 Å². The number of halogens is 1. The van der Waals surface area contributed by atoms with Crippen LogP contribution in [0.4, 0.5) is 0 Å². The summed E-state index contributed by atoms with van der Waals surface area (Å²) in [5.74, 6) is 0.905. The maximum absolute atomic E-state index is 6.46. The Morgan fingerprint density at radius 2 is 1.54 bits per heavy atom. The summed E-state index contributed by atoms with van der Waals surface area (Å²) in [5, 5.41) is 0.195. The van der Waals surface area contributed by atoms with Gasteiger partial charge in [0.25, 0.3) is 0 Å². The molecule has 0 radical (unpaired) electrons. The van der Waals surface area contributed by atoms with Crippen LogP contribution in [0.25, 0.3) is 0 Å². The molecule has 0 atom stereocenters. The molecule has 0 saturated heterocycles. The van der Waals surface area contributed by atoms with Crippen LogP contribution in [0.1, 0.15) is 31.9 Å². The second kappa shape index (κ2) is 10.6. The summed E-state index contributed by atoms with van der Waals surface area (Å²) < 4.78 is 6.46. The van der Waals surface area contributed by atoms with Crippen LogP contribution in [0.2, 0.25) is 18.1 Å². The fourth-order valence-corrected chi connectivity index (χ4v) is 3.00. The van der Waals surface area contributed by atoms with Gasteiger partial charge >= 0.3 is 35.1 Å². The van der Waals surface area contributed by atoms with Crippen molar-refractivity contribution in [3.05, 3.63) is 29.3 Å². The molecule has 1 aromatic carbocycles. The molecule has 24 heavy (non-hydrogen) atoms. The summed E-state index contributed by atoms with van der Waals surface area (Å²) in [7, 11) is 6.53. The van der Waals surface area contributed by atoms with Gasteiger partial charge in [0, 0.05) is 13.1 Å². The van der Waals surface area contributed by atoms with Crippen LogP contribution < -0.4 is 4.43 Å². The van der Waals surface area contributed by atoms with Gasteiger partial charge in [0.2, 0.25) is 8.32 Å². The van der Waals surface area contributed by atoms with Crippen molar-refractivity contribution in [1.29, 1.82) is 0 Å². The number of hydrogen-bond acceptors (Lipinski definition) is 3. The zero-order chi connectivity index (χ0) is 19.1. The Morgan fingerprint density at radius 3 is 1.96 bits per heavy atom. The second-order valence-corrected chi connectivity index (χ2v) is 12.9. The summed E-state index contributed by atoms with van der Waals surface area (Å²) >= 11 is 4.72. The first-order valence-electron chi connectivity index (χ1n) is 8.06. The molecule has 0 aliphatic rings. The minimum atomic E-state index is -1.83. The third kappa shape index (κ3) is 8.77. The van der Waals surface area contributed by atoms with Crippen LogP contribution in [-0.2, 0) is 28.7 Å². The van der Waals surface area contributed by atoms with Gasteiger partial charge in [-0.2, -0.15) is 6.07 Å². The molecular weight excluding hydrogens is 522 g/mol. The molecule has 0 amide bonds. The van der Waals surface area contributed by atoms with Gasteiger partial charge < -0.3 is 14.2 Å². The quantitative estimate of drug-likeness (QED) is 0.283. The van der Waals surface area contributed by atoms with Gasteiger partial charge in [0.15, 0.2) is 0 Å². The molecule has 1 aromatic rings. The summed E-state index contributed by atoms with van der Waals surface area (Å²) in [5.41, 5.74) is 2.48. The van der Waals surface area contributed by atoms with E-state index in [0.717, 1.165) is 18.8 Å². The van der Waals surface area contributed by atoms with E-state index in [4.69, 9.17) is 4.43 Å². The van der Waals surface area contributed by atoms with E-state index >= 15 is 0 Å². The van der Waals surface area contributed by atoms with Crippen LogP contribution in [0, 0.1) is 6.07 Å². The average molecular weight is 555 g/mol. The van der Waals surface area contributed by atoms with E-state index in [-0.39, 0.29) is 5.04 Å². The fourth-order valence-electron chi connectivity index (χ4n) is 2.03. The Kier molecular flexibility index (Phi) is 10.9. The van der Waals surface area contributed by atoms with Crippen LogP contribution in [0.5, 0.6) is 5.75 Å². The third-order valence-corrected chi connectivity index (χ3v) is 8.46. The molecule has 142 valence electrons. The van der Waals surface area contributed by atoms with E-state index in [1.807, 2.05) is 19.5 Å². The Balaban J connectivity index is 0.00000254. The van der Waals surface area contributed by atoms with E-state index in [2.05, 4.69) is 106 Å². The molecular formula is C18H33IN2OPdSi. The maximum atomic E-state index is 6.46. The normalized spacial score (nSPS) is 12.2. The van der Waals surface area contributed by atoms with Gasteiger partial charge in [-0.15, -0.1) is 23.3 Å². The molecule has 0 unspecified atom stereocenters. The van der Waals surface area contributed by atoms with Crippen molar-refractivity contribution in [3.8, 4) is 5.75 Å². The van der Waals surface area contributed by atoms with Crippen molar-refractivity contribution < 1.29 is 20.0 Å². The van der Waals surface area contributed by atoms with Gasteiger partial charge in [-0.05, 0) is 52.1 Å². The van der Waals surface area contributed by atoms with E-state index in [0.29, 0.717) is 0 Å². The predicted octanol–water partition coefficient (Wildman–Crippen LogP) is 4.88. The third-order valence-electron chi connectivity index (χ3n) is 4.12. The number of rotatable bonds is 6. The van der Waals surface area contributed by atoms with E-state index < -0.39 is 8.32 Å². The Morgan fingerprint density at radius 1 is 1.04 bits per heavy atom. The zero-order valence-electron chi connectivity index (χ0n) is 16.6. The Hall–Kier alpha value is 0.549. The Labute approximate surface area is 172 Å². The van der Waals surface area contributed by atoms with Crippen LogP contribution in [-0.4, -0.2) is 46.3 Å². The van der Waals surface area contributed by atoms with Crippen molar-refractivity contribution in [2.75, 3.05) is 28.2 Å². The zero-order valence-corrected chi connectivity index (χ0v) is 21.3. The SMILES string of the molecule is CN(C)Cc1[c-]c(O[Si](C)(C)C(C)(C)C)cc(CN(C)C)c1.[Pd+][I]. The molecule has 0 heterocycles. The summed E-state index contributed by atoms with van der Waals surface area (Å²) in [4.78, 5) is 4.35. The molecule has 6 heteroatoms. The van der Waals surface area contributed by atoms with Crippen LogP contribution in [0.15, 0.2) is 12.1 Å². The van der Waals surface area contributed by atoms with Crippen molar-refractivity contribution in [3.63, 3.8) is 0 Å². The van der Waals surface area contributed by atoms with E-state index in [9.17, 15) is 0 Å². The molecule has 1 rings (SSSR count).